The molecule has 1 aliphatic rings. The third-order valence-corrected chi connectivity index (χ3v) is 6.13. The van der Waals surface area contributed by atoms with E-state index in [9.17, 15) is 0 Å². The maximum Gasteiger partial charge on any atom is 0.133 e. The van der Waals surface area contributed by atoms with Gasteiger partial charge in [-0.25, -0.2) is 9.29 Å². The minimum absolute atomic E-state index is 0.129. The summed E-state index contributed by atoms with van der Waals surface area (Å²) in [5, 5.41) is 0. The molecular weight excluding hydrogens is 376 g/mol. The van der Waals surface area contributed by atoms with Crippen molar-refractivity contribution in [2.45, 2.75) is 50.8 Å². The molecule has 1 aromatic carbocycles. The zero-order chi connectivity index (χ0) is 20.9. The van der Waals surface area contributed by atoms with Crippen LogP contribution in [0.3, 0.4) is 0 Å². The van der Waals surface area contributed by atoms with E-state index in [4.69, 9.17) is 4.74 Å². The van der Waals surface area contributed by atoms with Crippen LogP contribution in [0.15, 0.2) is 52.9 Å². The molecule has 0 unspecified atom stereocenters. The van der Waals surface area contributed by atoms with Crippen molar-refractivity contribution in [3.8, 4) is 17.6 Å². The number of rotatable bonds is 3. The summed E-state index contributed by atoms with van der Waals surface area (Å²) in [4.78, 5) is 5.62. The summed E-state index contributed by atoms with van der Waals surface area (Å²) in [6, 6.07) is 12.5. The molecule has 0 aliphatic carbocycles. The summed E-state index contributed by atoms with van der Waals surface area (Å²) in [5.41, 5.74) is 4.71. The standard InChI is InChI=1S/C25H30N2OS/c1-19-8-6-10-22(26-19)11-7-9-20-14-16-27(17-15-20)29-24-18-21(25(2,3)4)12-13-23(24)28-5/h6,8-10,12-13,18H,14-17H2,1-5H3. The van der Waals surface area contributed by atoms with E-state index >= 15 is 0 Å². The lowest BCUT2D eigenvalue weighted by Crippen LogP contribution is -2.24. The Bertz CT molecular complexity index is 937. The monoisotopic (exact) mass is 406 g/mol. The first kappa shape index (κ1) is 21.5. The molecule has 1 aliphatic heterocycles. The topological polar surface area (TPSA) is 25.4 Å². The van der Waals surface area contributed by atoms with E-state index in [0.29, 0.717) is 0 Å². The Kier molecular flexibility index (Phi) is 7.05. The quantitative estimate of drug-likeness (QED) is 0.477. The maximum absolute atomic E-state index is 5.60. The Morgan fingerprint density at radius 2 is 1.90 bits per heavy atom. The van der Waals surface area contributed by atoms with E-state index in [-0.39, 0.29) is 5.41 Å². The predicted octanol–water partition coefficient (Wildman–Crippen LogP) is 5.78. The number of hydrogen-bond donors (Lipinski definition) is 0. The Hall–Kier alpha value is -2.22. The molecule has 3 nitrogen and oxygen atoms in total. The Morgan fingerprint density at radius 3 is 2.55 bits per heavy atom. The molecular formula is C25H30N2OS. The zero-order valence-electron chi connectivity index (χ0n) is 18.1. The van der Waals surface area contributed by atoms with Crippen molar-refractivity contribution in [3.05, 3.63) is 65.0 Å². The molecule has 2 aromatic rings. The number of aromatic nitrogens is 1. The summed E-state index contributed by atoms with van der Waals surface area (Å²) in [6.45, 7) is 10.8. The summed E-state index contributed by atoms with van der Waals surface area (Å²) >= 11 is 1.81. The third kappa shape index (κ3) is 6.13. The van der Waals surface area contributed by atoms with Crippen LogP contribution in [0.25, 0.3) is 0 Å². The molecule has 0 N–H and O–H groups in total. The van der Waals surface area contributed by atoms with Crippen LogP contribution < -0.4 is 4.74 Å². The Labute approximate surface area is 179 Å². The second kappa shape index (κ2) is 9.52. The molecule has 0 bridgehead atoms. The molecule has 4 heteroatoms. The Morgan fingerprint density at radius 1 is 1.14 bits per heavy atom. The van der Waals surface area contributed by atoms with Crippen LogP contribution >= 0.6 is 11.9 Å². The largest absolute Gasteiger partial charge is 0.496 e. The van der Waals surface area contributed by atoms with E-state index in [1.54, 1.807) is 19.1 Å². The molecule has 1 fully saturated rings. The highest BCUT2D eigenvalue weighted by Crippen LogP contribution is 2.37. The average Bonchev–Trinajstić information content (AvgIpc) is 2.69. The lowest BCUT2D eigenvalue weighted by molar-refractivity contribution is 0.400. The molecule has 0 amide bonds. The highest BCUT2D eigenvalue weighted by Gasteiger charge is 2.20. The van der Waals surface area contributed by atoms with Gasteiger partial charge in [0.15, 0.2) is 0 Å². The smallest absolute Gasteiger partial charge is 0.133 e. The minimum atomic E-state index is 0.129. The van der Waals surface area contributed by atoms with Gasteiger partial charge in [-0.3, -0.25) is 0 Å². The first-order chi connectivity index (χ1) is 13.8. The van der Waals surface area contributed by atoms with Crippen LogP contribution in [0, 0.1) is 18.8 Å². The van der Waals surface area contributed by atoms with Gasteiger partial charge in [0.25, 0.3) is 0 Å². The number of pyridine rings is 1. The number of nitrogens with zero attached hydrogens (tertiary/aromatic N) is 2. The highest BCUT2D eigenvalue weighted by atomic mass is 32.2. The number of aryl methyl sites for hydroxylation is 1. The molecule has 3 rings (SSSR count). The second-order valence-electron chi connectivity index (χ2n) is 8.37. The maximum atomic E-state index is 5.60. The van der Waals surface area contributed by atoms with Crippen molar-refractivity contribution in [1.82, 2.24) is 9.29 Å². The van der Waals surface area contributed by atoms with Gasteiger partial charge in [-0.1, -0.05) is 44.4 Å². The fourth-order valence-corrected chi connectivity index (χ4v) is 4.25. The first-order valence-corrected chi connectivity index (χ1v) is 10.9. The highest BCUT2D eigenvalue weighted by molar-refractivity contribution is 7.97. The molecule has 1 saturated heterocycles. The first-order valence-electron chi connectivity index (χ1n) is 10.1. The van der Waals surface area contributed by atoms with E-state index in [1.807, 2.05) is 25.1 Å². The SMILES string of the molecule is COc1ccc(C(C)(C)C)cc1SN1CCC(=CC#Cc2cccc(C)n2)CC1. The third-order valence-electron chi connectivity index (χ3n) is 4.99. The van der Waals surface area contributed by atoms with Crippen LogP contribution in [-0.2, 0) is 5.41 Å². The molecule has 152 valence electrons. The average molecular weight is 407 g/mol. The van der Waals surface area contributed by atoms with Gasteiger partial charge in [-0.2, -0.15) is 0 Å². The van der Waals surface area contributed by atoms with Crippen LogP contribution in [0.2, 0.25) is 0 Å². The van der Waals surface area contributed by atoms with E-state index in [1.165, 1.54) is 16.0 Å². The van der Waals surface area contributed by atoms with E-state index < -0.39 is 0 Å². The summed E-state index contributed by atoms with van der Waals surface area (Å²) in [7, 11) is 1.74. The minimum Gasteiger partial charge on any atom is -0.496 e. The number of hydrogen-bond acceptors (Lipinski definition) is 4. The van der Waals surface area contributed by atoms with Crippen LogP contribution in [-0.4, -0.2) is 29.5 Å². The fourth-order valence-electron chi connectivity index (χ4n) is 3.19. The molecule has 29 heavy (non-hydrogen) atoms. The molecule has 0 spiro atoms. The summed E-state index contributed by atoms with van der Waals surface area (Å²) in [6.07, 6.45) is 4.17. The molecule has 0 saturated carbocycles. The van der Waals surface area contributed by atoms with Crippen molar-refractivity contribution >= 4 is 11.9 Å². The van der Waals surface area contributed by atoms with Gasteiger partial charge in [-0.05, 0) is 79.0 Å². The number of allylic oxidation sites excluding steroid dienone is 1. The van der Waals surface area contributed by atoms with Gasteiger partial charge >= 0.3 is 0 Å². The van der Waals surface area contributed by atoms with Gasteiger partial charge in [0.05, 0.1) is 12.0 Å². The van der Waals surface area contributed by atoms with Crippen molar-refractivity contribution in [2.75, 3.05) is 20.2 Å². The predicted molar refractivity (Wildman–Crippen MR) is 122 cm³/mol. The molecule has 0 atom stereocenters. The van der Waals surface area contributed by atoms with E-state index in [0.717, 1.165) is 43.1 Å². The molecule has 0 radical (unpaired) electrons. The number of methoxy groups -OCH3 is 1. The Balaban J connectivity index is 1.62. The van der Waals surface area contributed by atoms with Crippen molar-refractivity contribution in [2.24, 2.45) is 0 Å². The van der Waals surface area contributed by atoms with Crippen molar-refractivity contribution in [1.29, 1.82) is 0 Å². The van der Waals surface area contributed by atoms with Gasteiger partial charge in [0.2, 0.25) is 0 Å². The van der Waals surface area contributed by atoms with Gasteiger partial charge in [0, 0.05) is 18.8 Å². The fraction of sp³-hybridized carbons (Fsp3) is 0.400. The molecule has 2 heterocycles. The summed E-state index contributed by atoms with van der Waals surface area (Å²) in [5.74, 6) is 7.28. The number of benzene rings is 1. The summed E-state index contributed by atoms with van der Waals surface area (Å²) < 4.78 is 8.02. The van der Waals surface area contributed by atoms with Gasteiger partial charge in [0.1, 0.15) is 11.4 Å². The van der Waals surface area contributed by atoms with Crippen molar-refractivity contribution in [3.63, 3.8) is 0 Å². The number of piperidine rings is 1. The van der Waals surface area contributed by atoms with Crippen LogP contribution in [0.5, 0.6) is 5.75 Å². The van der Waals surface area contributed by atoms with Crippen LogP contribution in [0.1, 0.15) is 50.6 Å². The zero-order valence-corrected chi connectivity index (χ0v) is 18.9. The lowest BCUT2D eigenvalue weighted by Gasteiger charge is -2.28. The van der Waals surface area contributed by atoms with Crippen molar-refractivity contribution < 1.29 is 4.74 Å². The molecule has 1 aromatic heterocycles. The number of ether oxygens (including phenoxy) is 1. The second-order valence-corrected chi connectivity index (χ2v) is 9.51. The van der Waals surface area contributed by atoms with Crippen LogP contribution in [0.4, 0.5) is 0 Å². The van der Waals surface area contributed by atoms with Gasteiger partial charge < -0.3 is 4.74 Å². The van der Waals surface area contributed by atoms with E-state index in [2.05, 4.69) is 66.2 Å². The van der Waals surface area contributed by atoms with Gasteiger partial charge in [-0.15, -0.1) is 0 Å². The lowest BCUT2D eigenvalue weighted by atomic mass is 9.87. The normalized spacial score (nSPS) is 14.9.